The molecule has 12 rings (SSSR count). The van der Waals surface area contributed by atoms with Crippen LogP contribution in [0.2, 0.25) is 0 Å². The Kier molecular flexibility index (Phi) is 22.5. The zero-order valence-electron chi connectivity index (χ0n) is 39.5. The molecule has 0 saturated heterocycles. The molecule has 4 aromatic rings. The summed E-state index contributed by atoms with van der Waals surface area (Å²) >= 11 is -1.39. The van der Waals surface area contributed by atoms with Gasteiger partial charge in [0.15, 0.2) is 19.6 Å². The molecule has 8 fully saturated rings. The summed E-state index contributed by atoms with van der Waals surface area (Å²) in [6.45, 7) is 0. The van der Waals surface area contributed by atoms with E-state index in [9.17, 15) is 47.3 Å². The topological polar surface area (TPSA) is 170 Å². The predicted octanol–water partition coefficient (Wildman–Crippen LogP) is 6.42. The number of alkyl halides is 4. The van der Waals surface area contributed by atoms with Crippen molar-refractivity contribution in [3.63, 3.8) is 0 Å². The van der Waals surface area contributed by atoms with Gasteiger partial charge in [0.05, 0.1) is 21.8 Å². The van der Waals surface area contributed by atoms with Gasteiger partial charge in [-0.3, -0.25) is 19.7 Å². The summed E-state index contributed by atoms with van der Waals surface area (Å²) in [6, 6.07) is 42.6. The molecule has 0 aliphatic heterocycles. The zero-order chi connectivity index (χ0) is 50.1. The van der Waals surface area contributed by atoms with Gasteiger partial charge >= 0.3 is 52.0 Å². The van der Waals surface area contributed by atoms with Crippen LogP contribution >= 0.6 is 36.5 Å². The number of rotatable bonds is 14. The second-order valence-electron chi connectivity index (χ2n) is 18.4. The smallest absolute Gasteiger partial charge is 0.691 e. The molecule has 0 aromatic heterocycles. The van der Waals surface area contributed by atoms with Crippen molar-refractivity contribution in [3.05, 3.63) is 121 Å². The summed E-state index contributed by atoms with van der Waals surface area (Å²) in [5, 5.41) is 16.7. The first-order chi connectivity index (χ1) is 33.5. The minimum atomic E-state index is -4.03. The fourth-order valence-electron chi connectivity index (χ4n) is 11.1. The Bertz CT molecular complexity index is 2110. The average molecular weight is 1110 g/mol. The molecule has 384 valence electrons. The molecule has 4 atom stereocenters. The van der Waals surface area contributed by atoms with Gasteiger partial charge in [0, 0.05) is 23.7 Å². The van der Waals surface area contributed by atoms with Crippen molar-refractivity contribution in [1.82, 2.24) is 0 Å². The number of esters is 2. The Morgan fingerprint density at radius 2 is 0.764 bits per heavy atom. The molecular formula is C50H53ClF4NaO12S4+. The van der Waals surface area contributed by atoms with E-state index in [-0.39, 0.29) is 111 Å². The van der Waals surface area contributed by atoms with Crippen LogP contribution in [0.1, 0.15) is 64.2 Å². The van der Waals surface area contributed by atoms with E-state index in [0.29, 0.717) is 38.5 Å². The van der Waals surface area contributed by atoms with Crippen LogP contribution in [-0.4, -0.2) is 57.7 Å². The number of halogens is 5. The monoisotopic (exact) mass is 1110 g/mol. The molecule has 0 N–H and O–H groups in total. The third-order valence-corrected chi connectivity index (χ3v) is 18.6. The van der Waals surface area contributed by atoms with Crippen LogP contribution in [0.5, 0.6) is 0 Å². The van der Waals surface area contributed by atoms with E-state index in [1.165, 1.54) is 19.6 Å². The van der Waals surface area contributed by atoms with Gasteiger partial charge in [0.25, 0.3) is 0 Å². The van der Waals surface area contributed by atoms with Crippen molar-refractivity contribution < 1.29 is 105 Å². The van der Waals surface area contributed by atoms with Gasteiger partial charge in [-0.1, -0.05) is 72.8 Å². The molecule has 72 heavy (non-hydrogen) atoms. The van der Waals surface area contributed by atoms with Gasteiger partial charge in [0.1, 0.15) is 59.4 Å². The van der Waals surface area contributed by atoms with Crippen LogP contribution in [0.15, 0.2) is 141 Å². The first-order valence-corrected chi connectivity index (χ1v) is 27.3. The molecular weight excluding hydrogens is 1060 g/mol. The predicted molar refractivity (Wildman–Crippen MR) is 257 cm³/mol. The number of hydrogen-bond acceptors (Lipinski definition) is 14. The molecule has 22 heteroatoms. The standard InChI is InChI=1S/2C13H13S.2C12H14F2O6S.ClH.Na/c2*1-14(12-8-4-2-5-9-12)13-10-6-3-7-11-13;2*13-12(14,21-20-19-17)10(16)18-11-3-6-1-7(4-11)9(15)8(2-6)5-11;;/h2*2-11H,1H3;2*6-8,17H,1-5H2;1H;/q2*+1;;;;+1/p-2. The average Bonchev–Trinajstić information content (AvgIpc) is 3.36. The number of carbonyl (C=O) groups excluding carboxylic acids is 4. The zero-order valence-corrected chi connectivity index (χ0v) is 45.6. The number of carbonyl (C=O) groups is 4. The minimum absolute atomic E-state index is 0. The third kappa shape index (κ3) is 15.3. The molecule has 8 aliphatic rings. The SMILES string of the molecule is C[S+](c1ccccc1)c1ccccc1.C[S+](c1ccccc1)c1ccccc1.Cl.O=C1C2CC3CC1CC(OC(=O)C(F)(F)SOO[O-])(C3)C2.O=C1C2CC3CC1CC(OC(=O)C(F)(F)SOO[O-])(C3)C2.[Na+]. The number of ketones is 2. The summed E-state index contributed by atoms with van der Waals surface area (Å²) in [7, 11) is 0.406. The van der Waals surface area contributed by atoms with Crippen molar-refractivity contribution in [1.29, 1.82) is 0 Å². The van der Waals surface area contributed by atoms with Crippen LogP contribution in [-0.2, 0) is 69.2 Å². The molecule has 12 nitrogen and oxygen atoms in total. The fraction of sp³-hybridized carbons (Fsp3) is 0.440. The number of Topliss-reactive ketones (excluding diaryl/α,β-unsaturated/α-hetero) is 2. The van der Waals surface area contributed by atoms with Gasteiger partial charge in [-0.05, 0) is 125 Å². The van der Waals surface area contributed by atoms with Crippen molar-refractivity contribution in [2.75, 3.05) is 12.5 Å². The largest absolute Gasteiger partial charge is 1.00 e. The van der Waals surface area contributed by atoms with E-state index < -0.39 is 57.7 Å². The molecule has 0 amide bonds. The Balaban J connectivity index is 0.000000180. The molecule has 8 bridgehead atoms. The molecule has 0 heterocycles. The van der Waals surface area contributed by atoms with Gasteiger partial charge in [-0.15, -0.1) is 12.4 Å². The Morgan fingerprint density at radius 3 is 1.00 bits per heavy atom. The molecule has 0 radical (unpaired) electrons. The van der Waals surface area contributed by atoms with Crippen LogP contribution in [0.4, 0.5) is 17.6 Å². The van der Waals surface area contributed by atoms with Crippen molar-refractivity contribution in [2.24, 2.45) is 35.5 Å². The molecule has 4 aromatic carbocycles. The van der Waals surface area contributed by atoms with Gasteiger partial charge in [-0.2, -0.15) is 26.2 Å². The summed E-state index contributed by atoms with van der Waals surface area (Å²) in [5.41, 5.74) is -1.96. The van der Waals surface area contributed by atoms with E-state index in [2.05, 4.69) is 153 Å². The maximum atomic E-state index is 13.4. The Labute approximate surface area is 458 Å². The van der Waals surface area contributed by atoms with Crippen LogP contribution in [0.3, 0.4) is 0 Å². The number of benzene rings is 4. The van der Waals surface area contributed by atoms with E-state index in [0.717, 1.165) is 25.7 Å². The molecule has 8 aliphatic carbocycles. The van der Waals surface area contributed by atoms with E-state index >= 15 is 0 Å². The second kappa shape index (κ2) is 26.9. The first-order valence-electron chi connectivity index (χ1n) is 22.6. The van der Waals surface area contributed by atoms with Gasteiger partial charge in [-0.25, -0.2) is 9.59 Å². The van der Waals surface area contributed by atoms with E-state index in [1.54, 1.807) is 0 Å². The van der Waals surface area contributed by atoms with Crippen molar-refractivity contribution in [2.45, 2.75) is 106 Å². The summed E-state index contributed by atoms with van der Waals surface area (Å²) in [4.78, 5) is 52.8. The number of hydrogen-bond donors (Lipinski definition) is 0. The second-order valence-corrected chi connectivity index (χ2v) is 23.9. The quantitative estimate of drug-likeness (QED) is 0.0258. The minimum Gasteiger partial charge on any atom is -0.691 e. The summed E-state index contributed by atoms with van der Waals surface area (Å²) in [6.07, 6.45) is 9.83. The maximum Gasteiger partial charge on any atom is 1.00 e. The van der Waals surface area contributed by atoms with Gasteiger partial charge < -0.3 is 20.0 Å². The van der Waals surface area contributed by atoms with Crippen LogP contribution in [0.25, 0.3) is 0 Å². The Morgan fingerprint density at radius 1 is 0.514 bits per heavy atom. The molecule has 0 spiro atoms. The number of ether oxygens (including phenoxy) is 2. The molecule has 8 saturated carbocycles. The maximum absolute atomic E-state index is 13.4. The van der Waals surface area contributed by atoms with Crippen molar-refractivity contribution >= 4 is 81.8 Å². The fourth-order valence-corrected chi connectivity index (χ4v) is 14.3. The normalized spacial score (nSPS) is 26.1. The summed E-state index contributed by atoms with van der Waals surface area (Å²) in [5.74, 6) is -3.45. The van der Waals surface area contributed by atoms with E-state index in [4.69, 9.17) is 9.47 Å². The van der Waals surface area contributed by atoms with Crippen LogP contribution < -0.4 is 40.1 Å². The Hall–Kier alpha value is -2.67. The van der Waals surface area contributed by atoms with Gasteiger partial charge in [0.2, 0.25) is 0 Å². The first kappa shape index (κ1) is 60.2. The van der Waals surface area contributed by atoms with Crippen LogP contribution in [0, 0.1) is 35.5 Å². The van der Waals surface area contributed by atoms with Crippen molar-refractivity contribution in [3.8, 4) is 0 Å². The molecule has 4 unspecified atom stereocenters. The van der Waals surface area contributed by atoms with E-state index in [1.807, 2.05) is 0 Å². The third-order valence-electron chi connectivity index (χ3n) is 13.7. The summed E-state index contributed by atoms with van der Waals surface area (Å²) < 4.78 is 70.9.